The van der Waals surface area contributed by atoms with Crippen LogP contribution >= 0.6 is 15.9 Å². The molecule has 1 aromatic carbocycles. The zero-order valence-corrected chi connectivity index (χ0v) is 10.4. The lowest BCUT2D eigenvalue weighted by Crippen LogP contribution is -2.18. The minimum Gasteiger partial charge on any atom is -0.478 e. The van der Waals surface area contributed by atoms with Gasteiger partial charge in [-0.1, -0.05) is 28.1 Å². The van der Waals surface area contributed by atoms with Crippen molar-refractivity contribution in [2.75, 3.05) is 0 Å². The molecular weight excluding hydrogens is 292 g/mol. The van der Waals surface area contributed by atoms with Crippen molar-refractivity contribution in [2.45, 2.75) is 11.8 Å². The third kappa shape index (κ3) is 2.71. The van der Waals surface area contributed by atoms with Gasteiger partial charge in [-0.25, -0.2) is 9.59 Å². The van der Waals surface area contributed by atoms with E-state index < -0.39 is 33.7 Å². The summed E-state index contributed by atoms with van der Waals surface area (Å²) in [5.41, 5.74) is -0.977. The lowest BCUT2D eigenvalue weighted by molar-refractivity contribution is 0.0649. The summed E-state index contributed by atoms with van der Waals surface area (Å²) in [6.07, 6.45) is 0. The number of carbonyl (C=O) groups is 3. The number of alkyl halides is 1. The van der Waals surface area contributed by atoms with E-state index in [4.69, 9.17) is 10.2 Å². The predicted octanol–water partition coefficient (Wildman–Crippen LogP) is 2.05. The van der Waals surface area contributed by atoms with Crippen LogP contribution in [0.2, 0.25) is 0 Å². The molecule has 0 bridgehead atoms. The molecule has 90 valence electrons. The van der Waals surface area contributed by atoms with Crippen LogP contribution in [0.5, 0.6) is 0 Å². The number of benzene rings is 1. The lowest BCUT2D eigenvalue weighted by Gasteiger charge is -2.09. The van der Waals surface area contributed by atoms with Gasteiger partial charge in [-0.05, 0) is 13.0 Å². The Labute approximate surface area is 105 Å². The van der Waals surface area contributed by atoms with E-state index in [-0.39, 0.29) is 5.56 Å². The van der Waals surface area contributed by atoms with Crippen molar-refractivity contribution in [1.29, 1.82) is 0 Å². The van der Waals surface area contributed by atoms with Crippen LogP contribution in [0.4, 0.5) is 0 Å². The molecule has 5 nitrogen and oxygen atoms in total. The molecule has 0 saturated heterocycles. The van der Waals surface area contributed by atoms with Crippen molar-refractivity contribution < 1.29 is 24.6 Å². The Morgan fingerprint density at radius 3 is 2.06 bits per heavy atom. The molecule has 1 rings (SSSR count). The molecular formula is C11H9BrO5. The van der Waals surface area contributed by atoms with Gasteiger partial charge in [0.15, 0.2) is 5.78 Å². The number of hydrogen-bond donors (Lipinski definition) is 2. The first kappa shape index (κ1) is 13.4. The quantitative estimate of drug-likeness (QED) is 0.656. The van der Waals surface area contributed by atoms with Crippen molar-refractivity contribution in [3.8, 4) is 0 Å². The highest BCUT2D eigenvalue weighted by Gasteiger charge is 2.25. The van der Waals surface area contributed by atoms with Crippen molar-refractivity contribution >= 4 is 33.7 Å². The van der Waals surface area contributed by atoms with Crippen molar-refractivity contribution in [2.24, 2.45) is 0 Å². The van der Waals surface area contributed by atoms with E-state index in [0.717, 1.165) is 6.07 Å². The molecule has 1 aromatic rings. The van der Waals surface area contributed by atoms with Gasteiger partial charge in [-0.15, -0.1) is 0 Å². The van der Waals surface area contributed by atoms with Gasteiger partial charge in [0.25, 0.3) is 0 Å². The van der Waals surface area contributed by atoms with Crippen LogP contribution in [-0.4, -0.2) is 32.8 Å². The fraction of sp³-hybridized carbons (Fsp3) is 0.182. The Morgan fingerprint density at radius 1 is 1.12 bits per heavy atom. The average molecular weight is 301 g/mol. The fourth-order valence-electron chi connectivity index (χ4n) is 1.38. The Hall–Kier alpha value is -1.69. The van der Waals surface area contributed by atoms with E-state index in [1.165, 1.54) is 12.1 Å². The number of halogens is 1. The molecule has 17 heavy (non-hydrogen) atoms. The Kier molecular flexibility index (Phi) is 4.01. The number of ketones is 1. The maximum absolute atomic E-state index is 11.7. The molecule has 0 spiro atoms. The summed E-state index contributed by atoms with van der Waals surface area (Å²) in [5, 5.41) is 17.9. The highest BCUT2D eigenvalue weighted by molar-refractivity contribution is 9.10. The molecule has 0 amide bonds. The molecule has 1 unspecified atom stereocenters. The van der Waals surface area contributed by atoms with Gasteiger partial charge in [0.05, 0.1) is 16.0 Å². The summed E-state index contributed by atoms with van der Waals surface area (Å²) in [6.45, 7) is 1.54. The largest absolute Gasteiger partial charge is 0.478 e. The number of rotatable bonds is 4. The first-order valence-electron chi connectivity index (χ1n) is 4.64. The predicted molar refractivity (Wildman–Crippen MR) is 63.1 cm³/mol. The minimum absolute atomic E-state index is 0.109. The van der Waals surface area contributed by atoms with Crippen LogP contribution in [0.25, 0.3) is 0 Å². The molecule has 0 saturated carbocycles. The molecule has 0 heterocycles. The van der Waals surface area contributed by atoms with Crippen LogP contribution in [0, 0.1) is 0 Å². The molecule has 0 aliphatic carbocycles. The average Bonchev–Trinajstić information content (AvgIpc) is 2.26. The van der Waals surface area contributed by atoms with Crippen LogP contribution in [0.15, 0.2) is 18.2 Å². The van der Waals surface area contributed by atoms with E-state index in [9.17, 15) is 14.4 Å². The lowest BCUT2D eigenvalue weighted by atomic mass is 9.97. The second-order valence-electron chi connectivity index (χ2n) is 3.32. The van der Waals surface area contributed by atoms with Crippen LogP contribution in [-0.2, 0) is 0 Å². The van der Waals surface area contributed by atoms with E-state index in [1.807, 2.05) is 0 Å². The van der Waals surface area contributed by atoms with E-state index in [1.54, 1.807) is 6.92 Å². The van der Waals surface area contributed by atoms with Gasteiger partial charge < -0.3 is 10.2 Å². The summed E-state index contributed by atoms with van der Waals surface area (Å²) < 4.78 is 0. The highest BCUT2D eigenvalue weighted by atomic mass is 79.9. The third-order valence-corrected chi connectivity index (χ3v) is 2.55. The second-order valence-corrected chi connectivity index (χ2v) is 4.69. The smallest absolute Gasteiger partial charge is 0.337 e. The fourth-order valence-corrected chi connectivity index (χ4v) is 1.63. The molecule has 0 aliphatic rings. The number of Topliss-reactive ketones (excluding diaryl/α,β-unsaturated/α-hetero) is 1. The van der Waals surface area contributed by atoms with Crippen LogP contribution in [0.3, 0.4) is 0 Å². The zero-order valence-electron chi connectivity index (χ0n) is 8.81. The molecule has 6 heteroatoms. The normalized spacial score (nSPS) is 11.9. The molecule has 2 N–H and O–H groups in total. The van der Waals surface area contributed by atoms with E-state index in [0.29, 0.717) is 0 Å². The zero-order chi connectivity index (χ0) is 13.2. The van der Waals surface area contributed by atoms with Crippen molar-refractivity contribution in [1.82, 2.24) is 0 Å². The Bertz CT molecular complexity index is 493. The first-order chi connectivity index (χ1) is 7.86. The number of hydrogen-bond acceptors (Lipinski definition) is 3. The Balaban J connectivity index is 3.51. The summed E-state index contributed by atoms with van der Waals surface area (Å²) in [5.74, 6) is -3.27. The summed E-state index contributed by atoms with van der Waals surface area (Å²) >= 11 is 3.03. The Morgan fingerprint density at radius 2 is 1.65 bits per heavy atom. The maximum Gasteiger partial charge on any atom is 0.337 e. The molecule has 0 aliphatic heterocycles. The monoisotopic (exact) mass is 300 g/mol. The summed E-state index contributed by atoms with van der Waals surface area (Å²) in [6, 6.07) is 3.80. The molecule has 0 aromatic heterocycles. The van der Waals surface area contributed by atoms with Gasteiger partial charge in [0, 0.05) is 5.56 Å². The van der Waals surface area contributed by atoms with Gasteiger partial charge in [-0.2, -0.15) is 0 Å². The number of carboxylic acid groups (broad SMARTS) is 2. The molecule has 1 atom stereocenters. The maximum atomic E-state index is 11.7. The van der Waals surface area contributed by atoms with Gasteiger partial charge >= 0.3 is 11.9 Å². The number of aromatic carboxylic acids is 2. The number of carbonyl (C=O) groups excluding carboxylic acids is 1. The van der Waals surface area contributed by atoms with Crippen LogP contribution in [0.1, 0.15) is 38.0 Å². The van der Waals surface area contributed by atoms with Gasteiger partial charge in [0.2, 0.25) is 0 Å². The molecule has 0 radical (unpaired) electrons. The standard InChI is InChI=1S/C11H9BrO5/c1-5(12)9(13)6-3-2-4-7(10(14)15)8(6)11(16)17/h2-5H,1H3,(H,14,15)(H,16,17). The van der Waals surface area contributed by atoms with Crippen molar-refractivity contribution in [3.63, 3.8) is 0 Å². The summed E-state index contributed by atoms with van der Waals surface area (Å²) in [7, 11) is 0. The second kappa shape index (κ2) is 5.09. The third-order valence-electron chi connectivity index (χ3n) is 2.14. The SMILES string of the molecule is CC(Br)C(=O)c1cccc(C(=O)O)c1C(=O)O. The first-order valence-corrected chi connectivity index (χ1v) is 5.55. The van der Waals surface area contributed by atoms with Gasteiger partial charge in [-0.3, -0.25) is 4.79 Å². The topological polar surface area (TPSA) is 91.7 Å². The molecule has 0 fully saturated rings. The van der Waals surface area contributed by atoms with E-state index >= 15 is 0 Å². The van der Waals surface area contributed by atoms with Crippen LogP contribution < -0.4 is 0 Å². The van der Waals surface area contributed by atoms with Gasteiger partial charge in [0.1, 0.15) is 0 Å². The minimum atomic E-state index is -1.43. The summed E-state index contributed by atoms with van der Waals surface area (Å²) in [4.78, 5) is 33.1. The number of carboxylic acids is 2. The highest BCUT2D eigenvalue weighted by Crippen LogP contribution is 2.19. The van der Waals surface area contributed by atoms with E-state index in [2.05, 4.69) is 15.9 Å². The van der Waals surface area contributed by atoms with Crippen molar-refractivity contribution in [3.05, 3.63) is 34.9 Å².